The summed E-state index contributed by atoms with van der Waals surface area (Å²) < 4.78 is 2.40. The Bertz CT molecular complexity index is 751. The van der Waals surface area contributed by atoms with Crippen molar-refractivity contribution in [1.29, 1.82) is 0 Å². The molecule has 5 nitrogen and oxygen atoms in total. The number of nitrogens with one attached hydrogen (secondary N) is 1. The van der Waals surface area contributed by atoms with Crippen LogP contribution in [0.25, 0.3) is 0 Å². The average molecular weight is 352 g/mol. The number of hydrogen-bond acceptors (Lipinski definition) is 2. The topological polar surface area (TPSA) is 50.2 Å². The van der Waals surface area contributed by atoms with Crippen LogP contribution in [0.4, 0.5) is 4.79 Å². The third-order valence-corrected chi connectivity index (χ3v) is 5.56. The van der Waals surface area contributed by atoms with Crippen molar-refractivity contribution in [1.82, 2.24) is 19.8 Å². The molecular weight excluding hydrogens is 324 g/mol. The van der Waals surface area contributed by atoms with E-state index in [0.717, 1.165) is 31.6 Å². The maximum absolute atomic E-state index is 12.6. The van der Waals surface area contributed by atoms with Crippen molar-refractivity contribution in [3.8, 4) is 0 Å². The number of likely N-dealkylation sites (tertiary alicyclic amines) is 1. The van der Waals surface area contributed by atoms with E-state index in [0.29, 0.717) is 18.4 Å². The molecule has 2 aromatic rings. The molecule has 138 valence electrons. The highest BCUT2D eigenvalue weighted by Crippen LogP contribution is 2.39. The zero-order valence-electron chi connectivity index (χ0n) is 15.5. The Kier molecular flexibility index (Phi) is 4.96. The van der Waals surface area contributed by atoms with Crippen molar-refractivity contribution in [2.75, 3.05) is 13.1 Å². The van der Waals surface area contributed by atoms with Crippen LogP contribution in [0.5, 0.6) is 0 Å². The van der Waals surface area contributed by atoms with Crippen LogP contribution in [0, 0.1) is 12.8 Å². The molecule has 1 atom stereocenters. The van der Waals surface area contributed by atoms with Crippen molar-refractivity contribution < 1.29 is 4.79 Å². The number of imidazole rings is 1. The molecule has 1 unspecified atom stereocenters. The minimum absolute atomic E-state index is 0.0586. The lowest BCUT2D eigenvalue weighted by atomic mass is 9.98. The van der Waals surface area contributed by atoms with Crippen LogP contribution in [0.3, 0.4) is 0 Å². The van der Waals surface area contributed by atoms with E-state index in [4.69, 9.17) is 0 Å². The highest BCUT2D eigenvalue weighted by atomic mass is 16.2. The van der Waals surface area contributed by atoms with E-state index in [-0.39, 0.29) is 6.03 Å². The third kappa shape index (κ3) is 3.92. The van der Waals surface area contributed by atoms with E-state index in [2.05, 4.69) is 21.8 Å². The van der Waals surface area contributed by atoms with Gasteiger partial charge in [-0.1, -0.05) is 30.3 Å². The number of urea groups is 1. The van der Waals surface area contributed by atoms with Gasteiger partial charge in [-0.15, -0.1) is 0 Å². The molecule has 2 fully saturated rings. The normalized spacial score (nSPS) is 20.2. The van der Waals surface area contributed by atoms with E-state index in [9.17, 15) is 4.79 Å². The van der Waals surface area contributed by atoms with Crippen molar-refractivity contribution in [2.45, 2.75) is 51.6 Å². The Hall–Kier alpha value is -2.30. The summed E-state index contributed by atoms with van der Waals surface area (Å²) in [4.78, 5) is 19.2. The predicted octanol–water partition coefficient (Wildman–Crippen LogP) is 3.69. The fourth-order valence-corrected chi connectivity index (χ4v) is 3.93. The molecule has 0 radical (unpaired) electrons. The lowest BCUT2D eigenvalue weighted by Crippen LogP contribution is -2.46. The number of carbonyl (C=O) groups is 1. The monoisotopic (exact) mass is 352 g/mol. The number of piperidine rings is 1. The summed E-state index contributed by atoms with van der Waals surface area (Å²) in [6, 6.07) is 10.1. The highest BCUT2D eigenvalue weighted by molar-refractivity contribution is 5.74. The van der Waals surface area contributed by atoms with E-state index < -0.39 is 0 Å². The van der Waals surface area contributed by atoms with E-state index in [1.807, 2.05) is 41.4 Å². The number of benzene rings is 1. The summed E-state index contributed by atoms with van der Waals surface area (Å²) in [6.07, 6.45) is 6.81. The average Bonchev–Trinajstić information content (AvgIpc) is 3.46. The number of aromatic nitrogens is 2. The molecule has 26 heavy (non-hydrogen) atoms. The second-order valence-corrected chi connectivity index (χ2v) is 7.74. The van der Waals surface area contributed by atoms with Crippen LogP contribution in [-0.2, 0) is 13.1 Å². The van der Waals surface area contributed by atoms with E-state index in [1.165, 1.54) is 30.8 Å². The summed E-state index contributed by atoms with van der Waals surface area (Å²) in [5.74, 6) is 2.43. The first-order valence-electron chi connectivity index (χ1n) is 9.79. The first-order valence-corrected chi connectivity index (χ1v) is 9.79. The molecule has 1 aromatic carbocycles. The minimum Gasteiger partial charge on any atom is -0.334 e. The van der Waals surface area contributed by atoms with Gasteiger partial charge in [0.25, 0.3) is 0 Å². The molecule has 2 aliphatic rings. The zero-order valence-corrected chi connectivity index (χ0v) is 15.5. The van der Waals surface area contributed by atoms with Crippen molar-refractivity contribution in [3.63, 3.8) is 0 Å². The molecular formula is C21H28N4O. The Balaban J connectivity index is 1.34. The highest BCUT2D eigenvalue weighted by Gasteiger charge is 2.30. The first kappa shape index (κ1) is 17.1. The van der Waals surface area contributed by atoms with Gasteiger partial charge in [0.1, 0.15) is 5.82 Å². The summed E-state index contributed by atoms with van der Waals surface area (Å²) >= 11 is 0. The van der Waals surface area contributed by atoms with E-state index in [1.54, 1.807) is 0 Å². The molecule has 0 spiro atoms. The molecule has 1 N–H and O–H groups in total. The Morgan fingerprint density at radius 2 is 2.04 bits per heavy atom. The number of carbonyl (C=O) groups excluding carboxylic acids is 1. The van der Waals surface area contributed by atoms with Crippen LogP contribution >= 0.6 is 0 Å². The van der Waals surface area contributed by atoms with Crippen LogP contribution in [0.2, 0.25) is 0 Å². The maximum atomic E-state index is 12.6. The van der Waals surface area contributed by atoms with Crippen molar-refractivity contribution in [3.05, 3.63) is 53.6 Å². The fraction of sp³-hybridized carbons (Fsp3) is 0.524. The Morgan fingerprint density at radius 3 is 2.81 bits per heavy atom. The van der Waals surface area contributed by atoms with E-state index >= 15 is 0 Å². The van der Waals surface area contributed by atoms with Gasteiger partial charge in [-0.3, -0.25) is 0 Å². The molecule has 5 heteroatoms. The van der Waals surface area contributed by atoms with Crippen LogP contribution in [-0.4, -0.2) is 33.6 Å². The van der Waals surface area contributed by atoms with Gasteiger partial charge >= 0.3 is 6.03 Å². The number of amides is 2. The summed E-state index contributed by atoms with van der Waals surface area (Å²) in [6.45, 7) is 5.41. The third-order valence-electron chi connectivity index (χ3n) is 5.56. The van der Waals surface area contributed by atoms with Gasteiger partial charge in [0, 0.05) is 44.0 Å². The van der Waals surface area contributed by atoms with Crippen molar-refractivity contribution in [2.24, 2.45) is 5.92 Å². The molecule has 1 aromatic heterocycles. The SMILES string of the molecule is Cc1cnc(C2CC2)n1CC1CCCN(C(=O)NCc2ccccc2)C1. The first-order chi connectivity index (χ1) is 12.7. The molecule has 4 rings (SSSR count). The van der Waals surface area contributed by atoms with Gasteiger partial charge in [-0.2, -0.15) is 0 Å². The summed E-state index contributed by atoms with van der Waals surface area (Å²) in [7, 11) is 0. The molecule has 1 aliphatic heterocycles. The molecule has 2 amide bonds. The Labute approximate surface area is 155 Å². The smallest absolute Gasteiger partial charge is 0.317 e. The molecule has 0 bridgehead atoms. The number of hydrogen-bond donors (Lipinski definition) is 1. The standard InChI is InChI=1S/C21H28N4O/c1-16-12-22-20(19-9-10-19)25(16)15-18-8-5-11-24(14-18)21(26)23-13-17-6-3-2-4-7-17/h2-4,6-7,12,18-19H,5,8-11,13-15H2,1H3,(H,23,26). The van der Waals surface area contributed by atoms with Gasteiger partial charge < -0.3 is 14.8 Å². The van der Waals surface area contributed by atoms with Gasteiger partial charge in [0.15, 0.2) is 0 Å². The van der Waals surface area contributed by atoms with Crippen molar-refractivity contribution >= 4 is 6.03 Å². The largest absolute Gasteiger partial charge is 0.334 e. The Morgan fingerprint density at radius 1 is 1.23 bits per heavy atom. The molecule has 1 aliphatic carbocycles. The zero-order chi connectivity index (χ0) is 17.9. The van der Waals surface area contributed by atoms with Gasteiger partial charge in [0.2, 0.25) is 0 Å². The van der Waals surface area contributed by atoms with Gasteiger partial charge in [0.05, 0.1) is 0 Å². The fourth-order valence-electron chi connectivity index (χ4n) is 3.93. The second kappa shape index (κ2) is 7.52. The molecule has 2 heterocycles. The molecule has 1 saturated carbocycles. The van der Waals surface area contributed by atoms with Gasteiger partial charge in [-0.25, -0.2) is 9.78 Å². The number of aryl methyl sites for hydroxylation is 1. The number of nitrogens with zero attached hydrogens (tertiary/aromatic N) is 3. The predicted molar refractivity (Wildman–Crippen MR) is 102 cm³/mol. The van der Waals surface area contributed by atoms with Crippen LogP contribution in [0.15, 0.2) is 36.5 Å². The maximum Gasteiger partial charge on any atom is 0.317 e. The number of rotatable bonds is 5. The lowest BCUT2D eigenvalue weighted by molar-refractivity contribution is 0.158. The van der Waals surface area contributed by atoms with Crippen LogP contribution < -0.4 is 5.32 Å². The summed E-state index contributed by atoms with van der Waals surface area (Å²) in [5, 5.41) is 3.07. The minimum atomic E-state index is 0.0586. The van der Waals surface area contributed by atoms with Crippen LogP contribution in [0.1, 0.15) is 48.7 Å². The second-order valence-electron chi connectivity index (χ2n) is 7.74. The molecule has 1 saturated heterocycles. The van der Waals surface area contributed by atoms with Gasteiger partial charge in [-0.05, 0) is 44.1 Å². The quantitative estimate of drug-likeness (QED) is 0.892. The summed E-state index contributed by atoms with van der Waals surface area (Å²) in [5.41, 5.74) is 2.38. The lowest BCUT2D eigenvalue weighted by Gasteiger charge is -2.33.